The van der Waals surface area contributed by atoms with E-state index in [1.54, 1.807) is 29.2 Å². The summed E-state index contributed by atoms with van der Waals surface area (Å²) in [5.74, 6) is -0.265. The Hall–Kier alpha value is -1.11. The molecule has 7 heteroatoms. The summed E-state index contributed by atoms with van der Waals surface area (Å²) < 4.78 is 24.6. The molecule has 1 unspecified atom stereocenters. The molecule has 2 N–H and O–H groups in total. The van der Waals surface area contributed by atoms with Crippen LogP contribution in [0.1, 0.15) is 32.3 Å². The van der Waals surface area contributed by atoms with Crippen LogP contribution in [0, 0.1) is 12.3 Å². The van der Waals surface area contributed by atoms with Crippen molar-refractivity contribution in [3.8, 4) is 0 Å². The second-order valence-corrected chi connectivity index (χ2v) is 9.19. The van der Waals surface area contributed by atoms with Gasteiger partial charge in [0.25, 0.3) is 0 Å². The number of sulfone groups is 1. The molecular weight excluding hydrogens is 348 g/mol. The van der Waals surface area contributed by atoms with Gasteiger partial charge in [-0.15, -0.1) is 12.4 Å². The summed E-state index contributed by atoms with van der Waals surface area (Å²) in [4.78, 5) is 14.4. The molecule has 1 aliphatic heterocycles. The highest BCUT2D eigenvalue weighted by Gasteiger charge is 2.35. The first-order valence-corrected chi connectivity index (χ1v) is 9.60. The van der Waals surface area contributed by atoms with E-state index in [1.807, 2.05) is 20.8 Å². The Morgan fingerprint density at radius 3 is 2.42 bits per heavy atom. The number of hydrogen-bond donors (Lipinski definition) is 1. The van der Waals surface area contributed by atoms with Crippen LogP contribution in [-0.2, 0) is 14.6 Å². The van der Waals surface area contributed by atoms with Gasteiger partial charge in [-0.25, -0.2) is 8.42 Å². The number of aryl methyl sites for hydroxylation is 1. The molecule has 5 nitrogen and oxygen atoms in total. The second kappa shape index (κ2) is 7.85. The Balaban J connectivity index is 0.00000288. The van der Waals surface area contributed by atoms with Crippen molar-refractivity contribution in [1.82, 2.24) is 4.90 Å². The number of halogens is 1. The second-order valence-electron chi connectivity index (χ2n) is 7.08. The van der Waals surface area contributed by atoms with Crippen molar-refractivity contribution in [1.29, 1.82) is 0 Å². The molecule has 1 amide bonds. The van der Waals surface area contributed by atoms with Gasteiger partial charge in [0.05, 0.1) is 10.6 Å². The predicted molar refractivity (Wildman–Crippen MR) is 98.1 cm³/mol. The molecule has 1 aromatic rings. The van der Waals surface area contributed by atoms with Gasteiger partial charge in [0, 0.05) is 25.6 Å². The maximum atomic E-state index is 12.3. The van der Waals surface area contributed by atoms with E-state index < -0.39 is 9.84 Å². The zero-order valence-corrected chi connectivity index (χ0v) is 16.1. The van der Waals surface area contributed by atoms with E-state index in [2.05, 4.69) is 0 Å². The Morgan fingerprint density at radius 1 is 1.29 bits per heavy atom. The van der Waals surface area contributed by atoms with E-state index in [1.165, 1.54) is 0 Å². The van der Waals surface area contributed by atoms with Crippen LogP contribution in [0.2, 0.25) is 0 Å². The van der Waals surface area contributed by atoms with Crippen molar-refractivity contribution in [2.75, 3.05) is 18.8 Å². The molecule has 0 spiro atoms. The van der Waals surface area contributed by atoms with E-state index in [-0.39, 0.29) is 46.8 Å². The van der Waals surface area contributed by atoms with E-state index in [0.29, 0.717) is 13.1 Å². The van der Waals surface area contributed by atoms with Crippen molar-refractivity contribution >= 4 is 28.2 Å². The van der Waals surface area contributed by atoms with Crippen molar-refractivity contribution in [3.05, 3.63) is 29.8 Å². The third kappa shape index (κ3) is 4.94. The normalized spacial score (nSPS) is 20.3. The molecule has 0 aliphatic carbocycles. The minimum absolute atomic E-state index is 0. The van der Waals surface area contributed by atoms with Crippen LogP contribution in [0.5, 0.6) is 0 Å². The van der Waals surface area contributed by atoms with Gasteiger partial charge in [-0.3, -0.25) is 4.79 Å². The number of piperidine rings is 1. The number of hydrogen-bond acceptors (Lipinski definition) is 4. The van der Waals surface area contributed by atoms with E-state index >= 15 is 0 Å². The molecule has 136 valence electrons. The van der Waals surface area contributed by atoms with Crippen LogP contribution in [0.15, 0.2) is 29.2 Å². The molecule has 1 aliphatic rings. The Bertz CT molecular complexity index is 672. The average Bonchev–Trinajstić information content (AvgIpc) is 2.48. The van der Waals surface area contributed by atoms with Gasteiger partial charge in [-0.1, -0.05) is 31.5 Å². The molecule has 0 bridgehead atoms. The summed E-state index contributed by atoms with van der Waals surface area (Å²) in [5, 5.41) is 0. The third-order valence-corrected chi connectivity index (χ3v) is 6.36. The molecule has 24 heavy (non-hydrogen) atoms. The van der Waals surface area contributed by atoms with Crippen molar-refractivity contribution in [3.63, 3.8) is 0 Å². The van der Waals surface area contributed by atoms with Crippen LogP contribution in [0.3, 0.4) is 0 Å². The first-order valence-electron chi connectivity index (χ1n) is 7.95. The lowest BCUT2D eigenvalue weighted by atomic mass is 9.79. The van der Waals surface area contributed by atoms with Gasteiger partial charge in [0.15, 0.2) is 9.84 Å². The van der Waals surface area contributed by atoms with E-state index in [4.69, 9.17) is 5.73 Å². The average molecular weight is 375 g/mol. The molecule has 1 saturated heterocycles. The number of nitrogens with zero attached hydrogens (tertiary/aromatic N) is 1. The highest BCUT2D eigenvalue weighted by Crippen LogP contribution is 2.28. The molecule has 0 radical (unpaired) electrons. The Kier molecular flexibility index (Phi) is 6.84. The SMILES string of the molecule is Cc1ccc(S(=O)(=O)CCC(=O)N2CCC(N)C(C)(C)C2)cc1.Cl. The van der Waals surface area contributed by atoms with Crippen molar-refractivity contribution < 1.29 is 13.2 Å². The number of benzene rings is 1. The van der Waals surface area contributed by atoms with Gasteiger partial charge < -0.3 is 10.6 Å². The highest BCUT2D eigenvalue weighted by molar-refractivity contribution is 7.91. The van der Waals surface area contributed by atoms with Gasteiger partial charge in [0.1, 0.15) is 0 Å². The summed E-state index contributed by atoms with van der Waals surface area (Å²) in [6.07, 6.45) is 0.769. The molecule has 2 rings (SSSR count). The highest BCUT2D eigenvalue weighted by atomic mass is 35.5. The van der Waals surface area contributed by atoms with Gasteiger partial charge in [0.2, 0.25) is 5.91 Å². The molecule has 0 saturated carbocycles. The van der Waals surface area contributed by atoms with Crippen LogP contribution in [0.25, 0.3) is 0 Å². The molecular formula is C17H27ClN2O3S. The molecule has 1 aromatic carbocycles. The maximum absolute atomic E-state index is 12.3. The van der Waals surface area contributed by atoms with Gasteiger partial charge in [-0.05, 0) is 30.9 Å². The number of rotatable bonds is 4. The quantitative estimate of drug-likeness (QED) is 0.875. The molecule has 1 fully saturated rings. The van der Waals surface area contributed by atoms with Crippen LogP contribution < -0.4 is 5.73 Å². The van der Waals surface area contributed by atoms with Gasteiger partial charge in [-0.2, -0.15) is 0 Å². The summed E-state index contributed by atoms with van der Waals surface area (Å²) in [6.45, 7) is 7.18. The fraction of sp³-hybridized carbons (Fsp3) is 0.588. The first kappa shape index (κ1) is 20.9. The zero-order valence-electron chi connectivity index (χ0n) is 14.5. The van der Waals surface area contributed by atoms with Crippen molar-refractivity contribution in [2.24, 2.45) is 11.1 Å². The number of nitrogens with two attached hydrogens (primary N) is 1. The number of carbonyl (C=O) groups is 1. The van der Waals surface area contributed by atoms with E-state index in [9.17, 15) is 13.2 Å². The fourth-order valence-corrected chi connectivity index (χ4v) is 4.06. The maximum Gasteiger partial charge on any atom is 0.223 e. The minimum Gasteiger partial charge on any atom is -0.342 e. The smallest absolute Gasteiger partial charge is 0.223 e. The Morgan fingerprint density at radius 2 is 1.88 bits per heavy atom. The predicted octanol–water partition coefficient (Wildman–Crippen LogP) is 2.17. The molecule has 1 atom stereocenters. The summed E-state index contributed by atoms with van der Waals surface area (Å²) in [7, 11) is -3.42. The summed E-state index contributed by atoms with van der Waals surface area (Å²) in [6, 6.07) is 6.80. The van der Waals surface area contributed by atoms with Gasteiger partial charge >= 0.3 is 0 Å². The first-order chi connectivity index (χ1) is 10.6. The number of likely N-dealkylation sites (tertiary alicyclic amines) is 1. The third-order valence-electron chi connectivity index (χ3n) is 4.63. The lowest BCUT2D eigenvalue weighted by Crippen LogP contribution is -2.54. The monoisotopic (exact) mass is 374 g/mol. The topological polar surface area (TPSA) is 80.5 Å². The Labute approximate surface area is 150 Å². The lowest BCUT2D eigenvalue weighted by Gasteiger charge is -2.42. The summed E-state index contributed by atoms with van der Waals surface area (Å²) >= 11 is 0. The lowest BCUT2D eigenvalue weighted by molar-refractivity contribution is -0.134. The van der Waals surface area contributed by atoms with E-state index in [0.717, 1.165) is 12.0 Å². The summed E-state index contributed by atoms with van der Waals surface area (Å²) in [5.41, 5.74) is 6.94. The molecule has 1 heterocycles. The van der Waals surface area contributed by atoms with Crippen LogP contribution in [-0.4, -0.2) is 44.1 Å². The zero-order chi connectivity index (χ0) is 17.3. The number of amides is 1. The standard InChI is InChI=1S/C17H26N2O3S.ClH/c1-13-4-6-14(7-5-13)23(21,22)11-9-16(20)19-10-8-15(18)17(2,3)12-19;/h4-7,15H,8-12,18H2,1-3H3;1H. The van der Waals surface area contributed by atoms with Crippen LogP contribution in [0.4, 0.5) is 0 Å². The van der Waals surface area contributed by atoms with Crippen molar-refractivity contribution in [2.45, 2.75) is 44.6 Å². The largest absolute Gasteiger partial charge is 0.342 e. The molecule has 0 aromatic heterocycles. The minimum atomic E-state index is -3.42. The number of carbonyl (C=O) groups excluding carboxylic acids is 1. The van der Waals surface area contributed by atoms with Crippen LogP contribution >= 0.6 is 12.4 Å². The fourth-order valence-electron chi connectivity index (χ4n) is 2.83.